The van der Waals surface area contributed by atoms with Crippen molar-refractivity contribution in [2.45, 2.75) is 64.8 Å². The molecule has 2 aromatic rings. The van der Waals surface area contributed by atoms with Gasteiger partial charge in [-0.1, -0.05) is 6.92 Å². The van der Waals surface area contributed by atoms with E-state index in [2.05, 4.69) is 59.0 Å². The summed E-state index contributed by atoms with van der Waals surface area (Å²) in [6, 6.07) is 5.06. The molecule has 3 rings (SSSR count). The summed E-state index contributed by atoms with van der Waals surface area (Å²) in [6.07, 6.45) is 0.879. The van der Waals surface area contributed by atoms with Crippen LogP contribution in [0.4, 0.5) is 0 Å². The number of aliphatic hydroxyl groups is 1. The van der Waals surface area contributed by atoms with E-state index < -0.39 is 36.4 Å². The van der Waals surface area contributed by atoms with Gasteiger partial charge in [0.1, 0.15) is 5.82 Å². The molecule has 0 saturated heterocycles. The fraction of sp³-hybridized carbons (Fsp3) is 0.545. The first-order chi connectivity index (χ1) is 15.4. The number of aliphatic carboxylic acids is 3. The number of imidazole rings is 1. The molecule has 0 spiro atoms. The molecule has 1 aliphatic heterocycles. The third-order valence-corrected chi connectivity index (χ3v) is 5.98. The van der Waals surface area contributed by atoms with E-state index in [1.165, 1.54) is 17.1 Å². The van der Waals surface area contributed by atoms with Gasteiger partial charge in [-0.15, -0.1) is 0 Å². The van der Waals surface area contributed by atoms with Crippen LogP contribution < -0.4 is 0 Å². The number of carbonyl (C=O) groups is 3. The number of rotatable bonds is 8. The van der Waals surface area contributed by atoms with Gasteiger partial charge in [0.05, 0.1) is 24.6 Å². The SMILES string of the molecule is CCC1c2ccc(C)n2CCN1Cc1cnc(C)n1C.O=C(O)CC(O)(CC(=O)O)C(=O)O. The molecular formula is C22H32N4O7. The number of carboxylic acid groups (broad SMARTS) is 3. The minimum atomic E-state index is -2.74. The smallest absolute Gasteiger partial charge is 0.336 e. The number of nitrogens with zero attached hydrogens (tertiary/aromatic N) is 4. The molecule has 11 nitrogen and oxygen atoms in total. The summed E-state index contributed by atoms with van der Waals surface area (Å²) in [5, 5.41) is 33.8. The van der Waals surface area contributed by atoms with Gasteiger partial charge < -0.3 is 29.6 Å². The van der Waals surface area contributed by atoms with Crippen LogP contribution in [0.1, 0.15) is 55.1 Å². The topological polar surface area (TPSA) is 158 Å². The molecule has 1 unspecified atom stereocenters. The molecule has 0 aliphatic carbocycles. The normalized spacial score (nSPS) is 16.0. The van der Waals surface area contributed by atoms with E-state index >= 15 is 0 Å². The Bertz CT molecular complexity index is 995. The van der Waals surface area contributed by atoms with Gasteiger partial charge in [0.15, 0.2) is 5.60 Å². The van der Waals surface area contributed by atoms with Gasteiger partial charge in [-0.3, -0.25) is 14.5 Å². The quantitative estimate of drug-likeness (QED) is 0.455. The second kappa shape index (κ2) is 10.6. The largest absolute Gasteiger partial charge is 0.481 e. The van der Waals surface area contributed by atoms with Crippen molar-refractivity contribution in [2.75, 3.05) is 6.54 Å². The van der Waals surface area contributed by atoms with Crippen LogP contribution in [0, 0.1) is 13.8 Å². The number of hydrogen-bond acceptors (Lipinski definition) is 6. The molecular weight excluding hydrogens is 432 g/mol. The van der Waals surface area contributed by atoms with E-state index in [1.807, 2.05) is 6.20 Å². The van der Waals surface area contributed by atoms with Gasteiger partial charge in [-0.05, 0) is 32.4 Å². The first-order valence-corrected chi connectivity index (χ1v) is 10.7. The van der Waals surface area contributed by atoms with Crippen molar-refractivity contribution in [3.8, 4) is 0 Å². The molecule has 1 aliphatic rings. The highest BCUT2D eigenvalue weighted by molar-refractivity contribution is 5.88. The monoisotopic (exact) mass is 464 g/mol. The summed E-state index contributed by atoms with van der Waals surface area (Å²) in [5.41, 5.74) is 1.42. The Hall–Kier alpha value is -3.18. The zero-order chi connectivity index (χ0) is 24.9. The Morgan fingerprint density at radius 3 is 2.15 bits per heavy atom. The fourth-order valence-corrected chi connectivity index (χ4v) is 4.03. The Morgan fingerprint density at radius 1 is 1.09 bits per heavy atom. The van der Waals surface area contributed by atoms with E-state index in [1.54, 1.807) is 0 Å². The first kappa shape index (κ1) is 26.1. The van der Waals surface area contributed by atoms with Crippen molar-refractivity contribution >= 4 is 17.9 Å². The molecule has 0 aromatic carbocycles. The van der Waals surface area contributed by atoms with Gasteiger partial charge in [-0.2, -0.15) is 0 Å². The number of aryl methyl sites for hydroxylation is 2. The maximum Gasteiger partial charge on any atom is 0.336 e. The molecule has 0 amide bonds. The van der Waals surface area contributed by atoms with Crippen molar-refractivity contribution < 1.29 is 34.8 Å². The highest BCUT2D eigenvalue weighted by atomic mass is 16.4. The van der Waals surface area contributed by atoms with Crippen LogP contribution in [0.2, 0.25) is 0 Å². The Morgan fingerprint density at radius 2 is 1.70 bits per heavy atom. The lowest BCUT2D eigenvalue weighted by atomic mass is 9.96. The number of carboxylic acids is 3. The van der Waals surface area contributed by atoms with Crippen molar-refractivity contribution in [3.63, 3.8) is 0 Å². The predicted octanol–water partition coefficient (Wildman–Crippen LogP) is 1.56. The number of aromatic nitrogens is 3. The van der Waals surface area contributed by atoms with Gasteiger partial charge in [0.25, 0.3) is 0 Å². The summed E-state index contributed by atoms with van der Waals surface area (Å²) in [5.74, 6) is -3.93. The van der Waals surface area contributed by atoms with Crippen molar-refractivity contribution in [2.24, 2.45) is 7.05 Å². The van der Waals surface area contributed by atoms with Crippen molar-refractivity contribution in [1.29, 1.82) is 0 Å². The van der Waals surface area contributed by atoms with E-state index in [9.17, 15) is 14.4 Å². The summed E-state index contributed by atoms with van der Waals surface area (Å²) >= 11 is 0. The molecule has 3 heterocycles. The van der Waals surface area contributed by atoms with Gasteiger partial charge in [-0.25, -0.2) is 9.78 Å². The van der Waals surface area contributed by atoms with Crippen LogP contribution in [0.5, 0.6) is 0 Å². The lowest BCUT2D eigenvalue weighted by Gasteiger charge is -2.37. The molecule has 11 heteroatoms. The minimum absolute atomic E-state index is 0.521. The van der Waals surface area contributed by atoms with Crippen LogP contribution in [0.15, 0.2) is 18.3 Å². The molecule has 0 fully saturated rings. The van der Waals surface area contributed by atoms with Crippen LogP contribution in [-0.2, 0) is 34.5 Å². The number of fused-ring (bicyclic) bond motifs is 1. The minimum Gasteiger partial charge on any atom is -0.481 e. The zero-order valence-electron chi connectivity index (χ0n) is 19.4. The predicted molar refractivity (Wildman–Crippen MR) is 118 cm³/mol. The van der Waals surface area contributed by atoms with Crippen LogP contribution in [0.3, 0.4) is 0 Å². The molecule has 0 saturated carbocycles. The Kier molecular flexibility index (Phi) is 8.39. The van der Waals surface area contributed by atoms with E-state index in [0.717, 1.165) is 31.9 Å². The van der Waals surface area contributed by atoms with Gasteiger partial charge >= 0.3 is 17.9 Å². The van der Waals surface area contributed by atoms with Crippen LogP contribution >= 0.6 is 0 Å². The van der Waals surface area contributed by atoms with Crippen molar-refractivity contribution in [1.82, 2.24) is 19.0 Å². The maximum atomic E-state index is 10.3. The van der Waals surface area contributed by atoms with Crippen molar-refractivity contribution in [3.05, 3.63) is 41.2 Å². The molecule has 0 bridgehead atoms. The van der Waals surface area contributed by atoms with Gasteiger partial charge in [0, 0.05) is 44.3 Å². The lowest BCUT2D eigenvalue weighted by molar-refractivity contribution is -0.170. The van der Waals surface area contributed by atoms with Crippen LogP contribution in [0.25, 0.3) is 0 Å². The van der Waals surface area contributed by atoms with E-state index in [0.29, 0.717) is 6.04 Å². The highest BCUT2D eigenvalue weighted by Gasteiger charge is 2.40. The highest BCUT2D eigenvalue weighted by Crippen LogP contribution is 2.31. The summed E-state index contributed by atoms with van der Waals surface area (Å²) in [6.45, 7) is 9.75. The van der Waals surface area contributed by atoms with Crippen LogP contribution in [-0.4, -0.2) is 69.5 Å². The zero-order valence-corrected chi connectivity index (χ0v) is 19.4. The molecule has 182 valence electrons. The standard InChI is InChI=1S/C16H24N4.C6H8O7/c1-5-15-16-7-6-12(2)20(16)9-8-19(15)11-14-10-17-13(3)18(14)4;7-3(8)1-6(13,5(11)12)2-4(9)10/h6-7,10,15H,5,8-9,11H2,1-4H3;13H,1-2H2,(H,7,8)(H,9,10)(H,11,12). The third-order valence-electron chi connectivity index (χ3n) is 5.98. The molecule has 1 atom stereocenters. The Balaban J connectivity index is 0.000000260. The second-order valence-corrected chi connectivity index (χ2v) is 8.28. The third kappa shape index (κ3) is 6.20. The molecule has 33 heavy (non-hydrogen) atoms. The average molecular weight is 465 g/mol. The molecule has 4 N–H and O–H groups in total. The lowest BCUT2D eigenvalue weighted by Crippen LogP contribution is -2.42. The first-order valence-electron chi connectivity index (χ1n) is 10.7. The molecule has 2 aromatic heterocycles. The molecule has 0 radical (unpaired) electrons. The summed E-state index contributed by atoms with van der Waals surface area (Å²) in [4.78, 5) is 37.5. The van der Waals surface area contributed by atoms with E-state index in [-0.39, 0.29) is 0 Å². The summed E-state index contributed by atoms with van der Waals surface area (Å²) in [7, 11) is 2.11. The maximum absolute atomic E-state index is 10.3. The Labute approximate surface area is 191 Å². The average Bonchev–Trinajstić information content (AvgIpc) is 3.24. The second-order valence-electron chi connectivity index (χ2n) is 8.28. The summed E-state index contributed by atoms with van der Waals surface area (Å²) < 4.78 is 4.67. The fourth-order valence-electron chi connectivity index (χ4n) is 4.03. The number of hydrogen-bond donors (Lipinski definition) is 4. The van der Waals surface area contributed by atoms with E-state index in [4.69, 9.17) is 20.4 Å². The van der Waals surface area contributed by atoms with Gasteiger partial charge in [0.2, 0.25) is 0 Å².